The Morgan fingerprint density at radius 3 is 2.87 bits per heavy atom. The number of carbonyl (C=O) groups excluding carboxylic acids is 2. The number of rotatable bonds is 6. The first-order chi connectivity index (χ1) is 7.24. The van der Waals surface area contributed by atoms with Crippen LogP contribution < -0.4 is 0 Å². The molecule has 1 unspecified atom stereocenters. The number of ketones is 2. The van der Waals surface area contributed by atoms with Gasteiger partial charge in [0.1, 0.15) is 11.6 Å². The third kappa shape index (κ3) is 4.83. The zero-order valence-corrected chi connectivity index (χ0v) is 10.3. The number of carbonyl (C=O) groups is 2. The second kappa shape index (κ2) is 7.04. The van der Waals surface area contributed by atoms with E-state index in [9.17, 15) is 9.59 Å². The molecule has 15 heavy (non-hydrogen) atoms. The van der Waals surface area contributed by atoms with E-state index in [0.717, 1.165) is 37.9 Å². The largest absolute Gasteiger partial charge is 0.300 e. The molecule has 1 rings (SSSR count). The van der Waals surface area contributed by atoms with Gasteiger partial charge in [-0.1, -0.05) is 6.42 Å². The molecule has 1 fully saturated rings. The predicted octanol–water partition coefficient (Wildman–Crippen LogP) is 2.85. The van der Waals surface area contributed by atoms with E-state index < -0.39 is 0 Å². The smallest absolute Gasteiger partial charge is 0.135 e. The maximum Gasteiger partial charge on any atom is 0.135 e. The zero-order valence-electron chi connectivity index (χ0n) is 9.46. The normalized spacial score (nSPS) is 21.7. The molecule has 3 heteroatoms. The highest BCUT2D eigenvalue weighted by molar-refractivity contribution is 7.98. The molecule has 0 amide bonds. The van der Waals surface area contributed by atoms with Crippen molar-refractivity contribution in [3.63, 3.8) is 0 Å². The Bertz CT molecular complexity index is 226. The summed E-state index contributed by atoms with van der Waals surface area (Å²) in [5, 5.41) is 0. The van der Waals surface area contributed by atoms with Gasteiger partial charge in [0.05, 0.1) is 0 Å². The average molecular weight is 228 g/mol. The van der Waals surface area contributed by atoms with E-state index in [2.05, 4.69) is 0 Å². The molecule has 1 atom stereocenters. The maximum absolute atomic E-state index is 11.5. The topological polar surface area (TPSA) is 34.1 Å². The van der Waals surface area contributed by atoms with E-state index >= 15 is 0 Å². The van der Waals surface area contributed by atoms with Crippen molar-refractivity contribution in [2.75, 3.05) is 12.0 Å². The third-order valence-corrected chi connectivity index (χ3v) is 3.65. The van der Waals surface area contributed by atoms with Crippen LogP contribution in [0.3, 0.4) is 0 Å². The van der Waals surface area contributed by atoms with Crippen molar-refractivity contribution in [2.45, 2.75) is 44.9 Å². The van der Waals surface area contributed by atoms with Gasteiger partial charge in [-0.05, 0) is 31.3 Å². The predicted molar refractivity (Wildman–Crippen MR) is 64.2 cm³/mol. The molecule has 0 bridgehead atoms. The van der Waals surface area contributed by atoms with Gasteiger partial charge in [-0.15, -0.1) is 0 Å². The van der Waals surface area contributed by atoms with Crippen LogP contribution in [0.25, 0.3) is 0 Å². The van der Waals surface area contributed by atoms with Gasteiger partial charge in [0.2, 0.25) is 0 Å². The van der Waals surface area contributed by atoms with Gasteiger partial charge < -0.3 is 0 Å². The fourth-order valence-corrected chi connectivity index (χ4v) is 2.47. The lowest BCUT2D eigenvalue weighted by Gasteiger charge is -2.19. The van der Waals surface area contributed by atoms with Gasteiger partial charge in [-0.25, -0.2) is 0 Å². The summed E-state index contributed by atoms with van der Waals surface area (Å²) < 4.78 is 0. The highest BCUT2D eigenvalue weighted by atomic mass is 32.2. The van der Waals surface area contributed by atoms with Gasteiger partial charge in [0.15, 0.2) is 0 Å². The summed E-state index contributed by atoms with van der Waals surface area (Å²) in [5.74, 6) is 1.82. The Balaban J connectivity index is 2.17. The van der Waals surface area contributed by atoms with E-state index in [4.69, 9.17) is 0 Å². The Morgan fingerprint density at radius 2 is 2.20 bits per heavy atom. The van der Waals surface area contributed by atoms with Crippen LogP contribution in [0.5, 0.6) is 0 Å². The zero-order chi connectivity index (χ0) is 11.1. The summed E-state index contributed by atoms with van der Waals surface area (Å²) in [6.45, 7) is 0. The van der Waals surface area contributed by atoms with E-state index in [1.807, 2.05) is 6.26 Å². The first kappa shape index (κ1) is 12.8. The first-order valence-corrected chi connectivity index (χ1v) is 7.16. The van der Waals surface area contributed by atoms with Crippen LogP contribution in [-0.4, -0.2) is 23.6 Å². The van der Waals surface area contributed by atoms with Crippen molar-refractivity contribution in [1.82, 2.24) is 0 Å². The molecule has 86 valence electrons. The van der Waals surface area contributed by atoms with E-state index in [0.29, 0.717) is 24.4 Å². The van der Waals surface area contributed by atoms with Crippen molar-refractivity contribution < 1.29 is 9.59 Å². The van der Waals surface area contributed by atoms with Crippen LogP contribution >= 0.6 is 11.8 Å². The summed E-state index contributed by atoms with van der Waals surface area (Å²) in [6, 6.07) is 0. The molecule has 0 N–H and O–H groups in total. The lowest BCUT2D eigenvalue weighted by Crippen LogP contribution is -2.19. The van der Waals surface area contributed by atoms with Gasteiger partial charge in [0, 0.05) is 25.2 Å². The van der Waals surface area contributed by atoms with Crippen LogP contribution in [0, 0.1) is 5.92 Å². The van der Waals surface area contributed by atoms with Crippen LogP contribution in [-0.2, 0) is 9.59 Å². The molecule has 0 aromatic rings. The number of thioether (sulfide) groups is 1. The molecule has 0 saturated heterocycles. The molecule has 2 nitrogen and oxygen atoms in total. The molecule has 1 aliphatic carbocycles. The lowest BCUT2D eigenvalue weighted by atomic mass is 9.84. The van der Waals surface area contributed by atoms with Gasteiger partial charge >= 0.3 is 0 Å². The molecular formula is C12H20O2S. The van der Waals surface area contributed by atoms with Crippen molar-refractivity contribution in [3.8, 4) is 0 Å². The second-order valence-electron chi connectivity index (χ2n) is 4.23. The van der Waals surface area contributed by atoms with Gasteiger partial charge in [-0.3, -0.25) is 9.59 Å². The van der Waals surface area contributed by atoms with Gasteiger partial charge in [0.25, 0.3) is 0 Å². The molecule has 1 aliphatic rings. The minimum absolute atomic E-state index is 0.192. The fourth-order valence-electron chi connectivity index (χ4n) is 2.04. The average Bonchev–Trinajstić information content (AvgIpc) is 2.25. The van der Waals surface area contributed by atoms with Crippen LogP contribution in [0.15, 0.2) is 0 Å². The third-order valence-electron chi connectivity index (χ3n) is 3.04. The van der Waals surface area contributed by atoms with Crippen LogP contribution in [0.4, 0.5) is 0 Å². The molecule has 0 aliphatic heterocycles. The highest BCUT2D eigenvalue weighted by Gasteiger charge is 2.22. The molecule has 0 heterocycles. The van der Waals surface area contributed by atoms with Crippen molar-refractivity contribution >= 4 is 23.3 Å². The summed E-state index contributed by atoms with van der Waals surface area (Å²) in [7, 11) is 0. The Morgan fingerprint density at radius 1 is 1.40 bits per heavy atom. The first-order valence-electron chi connectivity index (χ1n) is 5.77. The monoisotopic (exact) mass is 228 g/mol. The molecule has 0 spiro atoms. The van der Waals surface area contributed by atoms with E-state index in [-0.39, 0.29) is 5.92 Å². The lowest BCUT2D eigenvalue weighted by molar-refractivity contribution is -0.125. The van der Waals surface area contributed by atoms with Crippen molar-refractivity contribution in [2.24, 2.45) is 5.92 Å². The molecule has 0 aromatic heterocycles. The number of Topliss-reactive ketones (excluding diaryl/α,β-unsaturated/α-hetero) is 2. The molecule has 1 saturated carbocycles. The maximum atomic E-state index is 11.5. The Hall–Kier alpha value is -0.310. The van der Waals surface area contributed by atoms with Crippen LogP contribution in [0.1, 0.15) is 44.9 Å². The van der Waals surface area contributed by atoms with Gasteiger partial charge in [-0.2, -0.15) is 11.8 Å². The summed E-state index contributed by atoms with van der Waals surface area (Å²) in [5.41, 5.74) is 0. The van der Waals surface area contributed by atoms with Crippen LogP contribution in [0.2, 0.25) is 0 Å². The number of hydrogen-bond acceptors (Lipinski definition) is 3. The Kier molecular flexibility index (Phi) is 5.99. The minimum Gasteiger partial charge on any atom is -0.300 e. The summed E-state index contributed by atoms with van der Waals surface area (Å²) in [6.07, 6.45) is 8.05. The quantitative estimate of drug-likeness (QED) is 0.701. The Labute approximate surface area is 96.2 Å². The highest BCUT2D eigenvalue weighted by Crippen LogP contribution is 2.24. The second-order valence-corrected chi connectivity index (χ2v) is 5.21. The van der Waals surface area contributed by atoms with Crippen molar-refractivity contribution in [3.05, 3.63) is 0 Å². The summed E-state index contributed by atoms with van der Waals surface area (Å²) in [4.78, 5) is 22.9. The number of hydrogen-bond donors (Lipinski definition) is 0. The fraction of sp³-hybridized carbons (Fsp3) is 0.833. The minimum atomic E-state index is 0.192. The summed E-state index contributed by atoms with van der Waals surface area (Å²) >= 11 is 1.70. The van der Waals surface area contributed by atoms with E-state index in [1.54, 1.807) is 11.8 Å². The molecule has 0 radical (unpaired) electrons. The van der Waals surface area contributed by atoms with Crippen molar-refractivity contribution in [1.29, 1.82) is 0 Å². The SMILES string of the molecule is CSCCC(=O)CCC1CCCCC1=O. The molecule has 0 aromatic carbocycles. The molecular weight excluding hydrogens is 208 g/mol. The van der Waals surface area contributed by atoms with E-state index in [1.165, 1.54) is 0 Å². The standard InChI is InChI=1S/C12H20O2S/c1-15-9-8-11(13)7-6-10-4-2-3-5-12(10)14/h10H,2-9H2,1H3.